The molecule has 1 aromatic carbocycles. The minimum atomic E-state index is -0.844. The third-order valence-electron chi connectivity index (χ3n) is 3.34. The number of aliphatic carboxylic acids is 1. The van der Waals surface area contributed by atoms with Crippen LogP contribution in [-0.4, -0.2) is 27.9 Å². The lowest BCUT2D eigenvalue weighted by Crippen LogP contribution is -2.33. The number of carbonyl (C=O) groups is 2. The van der Waals surface area contributed by atoms with Crippen molar-refractivity contribution in [3.63, 3.8) is 0 Å². The van der Waals surface area contributed by atoms with Crippen LogP contribution in [0.25, 0.3) is 0 Å². The number of rotatable bonds is 4. The summed E-state index contributed by atoms with van der Waals surface area (Å²) in [5, 5.41) is 8.84. The molecule has 0 saturated carbocycles. The maximum Gasteiger partial charge on any atom is 0.305 e. The lowest BCUT2D eigenvalue weighted by atomic mass is 10.1. The zero-order chi connectivity index (χ0) is 13.1. The van der Waals surface area contributed by atoms with Crippen LogP contribution in [-0.2, 0) is 16.1 Å². The number of hydrogen-bond acceptors (Lipinski definition) is 2. The van der Waals surface area contributed by atoms with E-state index in [9.17, 15) is 9.59 Å². The number of carboxylic acid groups (broad SMARTS) is 1. The summed E-state index contributed by atoms with van der Waals surface area (Å²) in [7, 11) is 0. The fourth-order valence-corrected chi connectivity index (χ4v) is 2.31. The fourth-order valence-electron chi connectivity index (χ4n) is 2.31. The first kappa shape index (κ1) is 12.6. The van der Waals surface area contributed by atoms with Gasteiger partial charge in [-0.25, -0.2) is 0 Å². The van der Waals surface area contributed by atoms with Gasteiger partial charge in [-0.2, -0.15) is 0 Å². The summed E-state index contributed by atoms with van der Waals surface area (Å²) in [5.41, 5.74) is 2.22. The Morgan fingerprint density at radius 3 is 2.67 bits per heavy atom. The second-order valence-electron chi connectivity index (χ2n) is 4.80. The molecule has 1 unspecified atom stereocenters. The van der Waals surface area contributed by atoms with Crippen molar-refractivity contribution >= 4 is 11.9 Å². The number of hydrogen-bond donors (Lipinski definition) is 1. The molecule has 4 nitrogen and oxygen atoms in total. The smallest absolute Gasteiger partial charge is 0.305 e. The molecule has 0 spiro atoms. The van der Waals surface area contributed by atoms with E-state index in [0.29, 0.717) is 19.4 Å². The molecule has 1 saturated heterocycles. The first-order chi connectivity index (χ1) is 8.56. The average Bonchev–Trinajstić information content (AvgIpc) is 2.64. The minimum absolute atomic E-state index is 0.0393. The molecular formula is C14H17NO3. The third kappa shape index (κ3) is 2.88. The van der Waals surface area contributed by atoms with Crippen LogP contribution in [0.4, 0.5) is 0 Å². The van der Waals surface area contributed by atoms with Gasteiger partial charge in [0.25, 0.3) is 0 Å². The quantitative estimate of drug-likeness (QED) is 0.884. The zero-order valence-corrected chi connectivity index (χ0v) is 10.4. The largest absolute Gasteiger partial charge is 0.481 e. The van der Waals surface area contributed by atoms with E-state index in [0.717, 1.165) is 5.56 Å². The summed E-state index contributed by atoms with van der Waals surface area (Å²) in [6, 6.07) is 7.82. The van der Waals surface area contributed by atoms with Gasteiger partial charge in [0.2, 0.25) is 5.91 Å². The van der Waals surface area contributed by atoms with Gasteiger partial charge >= 0.3 is 5.97 Å². The molecule has 0 bridgehead atoms. The van der Waals surface area contributed by atoms with Crippen LogP contribution in [0.3, 0.4) is 0 Å². The Bertz CT molecular complexity index is 453. The van der Waals surface area contributed by atoms with Crippen LogP contribution in [0, 0.1) is 6.92 Å². The molecule has 2 rings (SSSR count). The Morgan fingerprint density at radius 2 is 2.06 bits per heavy atom. The number of carboxylic acids is 1. The third-order valence-corrected chi connectivity index (χ3v) is 3.34. The van der Waals surface area contributed by atoms with Crippen LogP contribution in [0.15, 0.2) is 24.3 Å². The highest BCUT2D eigenvalue weighted by Crippen LogP contribution is 2.23. The Morgan fingerprint density at radius 1 is 1.39 bits per heavy atom. The molecule has 1 aromatic rings. The molecule has 1 aliphatic heterocycles. The van der Waals surface area contributed by atoms with Gasteiger partial charge in [-0.15, -0.1) is 0 Å². The second kappa shape index (κ2) is 5.21. The lowest BCUT2D eigenvalue weighted by Gasteiger charge is -2.23. The summed E-state index contributed by atoms with van der Waals surface area (Å²) in [6.45, 7) is 2.52. The molecule has 0 aliphatic carbocycles. The van der Waals surface area contributed by atoms with Crippen LogP contribution >= 0.6 is 0 Å². The van der Waals surface area contributed by atoms with Crippen molar-refractivity contribution in [2.45, 2.75) is 38.8 Å². The van der Waals surface area contributed by atoms with Crippen molar-refractivity contribution in [1.82, 2.24) is 4.90 Å². The molecule has 1 amide bonds. The first-order valence-electron chi connectivity index (χ1n) is 6.13. The first-order valence-corrected chi connectivity index (χ1v) is 6.13. The molecule has 96 valence electrons. The molecule has 1 heterocycles. The van der Waals surface area contributed by atoms with Gasteiger partial charge in [0.1, 0.15) is 0 Å². The average molecular weight is 247 g/mol. The van der Waals surface area contributed by atoms with Gasteiger partial charge in [-0.05, 0) is 18.9 Å². The van der Waals surface area contributed by atoms with E-state index in [1.807, 2.05) is 31.2 Å². The Labute approximate surface area is 106 Å². The number of likely N-dealkylation sites (tertiary alicyclic amines) is 1. The van der Waals surface area contributed by atoms with Gasteiger partial charge in [0.05, 0.1) is 6.42 Å². The van der Waals surface area contributed by atoms with Crippen LogP contribution in [0.1, 0.15) is 30.4 Å². The summed E-state index contributed by atoms with van der Waals surface area (Å²) in [4.78, 5) is 24.2. The van der Waals surface area contributed by atoms with Crippen molar-refractivity contribution in [1.29, 1.82) is 0 Å². The number of benzene rings is 1. The Balaban J connectivity index is 2.07. The number of nitrogens with zero attached hydrogens (tertiary/aromatic N) is 1. The highest BCUT2D eigenvalue weighted by Gasteiger charge is 2.32. The summed E-state index contributed by atoms with van der Waals surface area (Å²) in [5.74, 6) is -0.787. The van der Waals surface area contributed by atoms with Gasteiger partial charge in [-0.3, -0.25) is 9.59 Å². The molecule has 0 radical (unpaired) electrons. The normalized spacial score (nSPS) is 19.3. The van der Waals surface area contributed by atoms with Crippen molar-refractivity contribution < 1.29 is 14.7 Å². The maximum atomic E-state index is 11.8. The summed E-state index contributed by atoms with van der Waals surface area (Å²) >= 11 is 0. The molecule has 0 aromatic heterocycles. The van der Waals surface area contributed by atoms with E-state index >= 15 is 0 Å². The van der Waals surface area contributed by atoms with Crippen LogP contribution in [0.5, 0.6) is 0 Å². The SMILES string of the molecule is Cc1ccc(CN2C(=O)CCC2CC(=O)O)cc1. The van der Waals surface area contributed by atoms with Crippen molar-refractivity contribution in [2.75, 3.05) is 0 Å². The second-order valence-corrected chi connectivity index (χ2v) is 4.80. The predicted molar refractivity (Wildman–Crippen MR) is 67.0 cm³/mol. The van der Waals surface area contributed by atoms with Crippen LogP contribution < -0.4 is 0 Å². The monoisotopic (exact) mass is 247 g/mol. The molecule has 1 atom stereocenters. The maximum absolute atomic E-state index is 11.8. The lowest BCUT2D eigenvalue weighted by molar-refractivity contribution is -0.139. The predicted octanol–water partition coefficient (Wildman–Crippen LogP) is 1.96. The molecule has 1 N–H and O–H groups in total. The topological polar surface area (TPSA) is 57.6 Å². The van der Waals surface area contributed by atoms with Gasteiger partial charge in [0, 0.05) is 19.0 Å². The molecule has 18 heavy (non-hydrogen) atoms. The summed E-state index contributed by atoms with van der Waals surface area (Å²) < 4.78 is 0. The number of aryl methyl sites for hydroxylation is 1. The Hall–Kier alpha value is -1.84. The number of carbonyl (C=O) groups excluding carboxylic acids is 1. The minimum Gasteiger partial charge on any atom is -0.481 e. The van der Waals surface area contributed by atoms with Gasteiger partial charge < -0.3 is 10.0 Å². The molecule has 1 aliphatic rings. The molecule has 1 fully saturated rings. The van der Waals surface area contributed by atoms with Gasteiger partial charge in [-0.1, -0.05) is 29.8 Å². The number of amides is 1. The fraction of sp³-hybridized carbons (Fsp3) is 0.429. The molecular weight excluding hydrogens is 230 g/mol. The summed E-state index contributed by atoms with van der Waals surface area (Å²) in [6.07, 6.45) is 1.15. The van der Waals surface area contributed by atoms with Crippen molar-refractivity contribution in [3.8, 4) is 0 Å². The highest BCUT2D eigenvalue weighted by molar-refractivity contribution is 5.80. The Kier molecular flexibility index (Phi) is 3.65. The van der Waals surface area contributed by atoms with Crippen molar-refractivity contribution in [2.24, 2.45) is 0 Å². The van der Waals surface area contributed by atoms with Crippen molar-refractivity contribution in [3.05, 3.63) is 35.4 Å². The zero-order valence-electron chi connectivity index (χ0n) is 10.4. The van der Waals surface area contributed by atoms with E-state index < -0.39 is 5.97 Å². The van der Waals surface area contributed by atoms with Crippen LogP contribution in [0.2, 0.25) is 0 Å². The van der Waals surface area contributed by atoms with E-state index in [-0.39, 0.29) is 18.4 Å². The standard InChI is InChI=1S/C14H17NO3/c1-10-2-4-11(5-3-10)9-15-12(8-14(17)18)6-7-13(15)16/h2-5,12H,6-9H2,1H3,(H,17,18). The van der Waals surface area contributed by atoms with E-state index in [1.165, 1.54) is 5.56 Å². The van der Waals surface area contributed by atoms with E-state index in [1.54, 1.807) is 4.90 Å². The van der Waals surface area contributed by atoms with E-state index in [2.05, 4.69) is 0 Å². The highest BCUT2D eigenvalue weighted by atomic mass is 16.4. The van der Waals surface area contributed by atoms with Gasteiger partial charge in [0.15, 0.2) is 0 Å². The van der Waals surface area contributed by atoms with E-state index in [4.69, 9.17) is 5.11 Å². The molecule has 4 heteroatoms.